The third kappa shape index (κ3) is 2.54. The van der Waals surface area contributed by atoms with E-state index in [9.17, 15) is 14.9 Å². The van der Waals surface area contributed by atoms with E-state index in [2.05, 4.69) is 22.8 Å². The summed E-state index contributed by atoms with van der Waals surface area (Å²) >= 11 is 0. The van der Waals surface area contributed by atoms with Crippen LogP contribution < -0.4 is 10.6 Å². The fraction of sp³-hybridized carbons (Fsp3) is 0.250. The fourth-order valence-corrected chi connectivity index (χ4v) is 4.11. The zero-order valence-electron chi connectivity index (χ0n) is 14.3. The van der Waals surface area contributed by atoms with Gasteiger partial charge >= 0.3 is 0 Å². The predicted octanol–water partition coefficient (Wildman–Crippen LogP) is 3.78. The highest BCUT2D eigenvalue weighted by molar-refractivity contribution is 6.00. The van der Waals surface area contributed by atoms with E-state index in [0.717, 1.165) is 23.2 Å². The summed E-state index contributed by atoms with van der Waals surface area (Å²) in [5, 5.41) is 17.4. The zero-order chi connectivity index (χ0) is 18.3. The first-order chi connectivity index (χ1) is 12.6. The summed E-state index contributed by atoms with van der Waals surface area (Å²) in [6.45, 7) is 0. The van der Waals surface area contributed by atoms with Crippen molar-refractivity contribution in [3.05, 3.63) is 81.4 Å². The van der Waals surface area contributed by atoms with Crippen molar-refractivity contribution in [1.82, 2.24) is 5.32 Å². The zero-order valence-corrected chi connectivity index (χ0v) is 14.3. The van der Waals surface area contributed by atoms with E-state index in [1.165, 1.54) is 6.07 Å². The van der Waals surface area contributed by atoms with Crippen molar-refractivity contribution in [2.75, 3.05) is 12.4 Å². The van der Waals surface area contributed by atoms with Crippen LogP contribution in [0.25, 0.3) is 0 Å². The summed E-state index contributed by atoms with van der Waals surface area (Å²) in [6, 6.07) is 12.4. The van der Waals surface area contributed by atoms with Gasteiger partial charge in [0.05, 0.1) is 22.2 Å². The number of non-ortho nitro benzene ring substituents is 1. The van der Waals surface area contributed by atoms with Gasteiger partial charge in [-0.15, -0.1) is 0 Å². The summed E-state index contributed by atoms with van der Waals surface area (Å²) in [4.78, 5) is 23.1. The lowest BCUT2D eigenvalue weighted by atomic mass is 9.76. The molecule has 0 aromatic heterocycles. The van der Waals surface area contributed by atoms with Crippen LogP contribution in [0.4, 0.5) is 11.4 Å². The molecular formula is C20H19N3O3. The van der Waals surface area contributed by atoms with Crippen LogP contribution in [-0.2, 0) is 0 Å². The number of anilines is 1. The molecule has 2 aromatic carbocycles. The first kappa shape index (κ1) is 16.3. The molecule has 0 saturated carbocycles. The summed E-state index contributed by atoms with van der Waals surface area (Å²) in [5.74, 6) is 0.317. The van der Waals surface area contributed by atoms with Gasteiger partial charge in [0.15, 0.2) is 0 Å². The lowest BCUT2D eigenvalue weighted by Crippen LogP contribution is -2.31. The Hall–Kier alpha value is -3.15. The molecule has 2 N–H and O–H groups in total. The van der Waals surface area contributed by atoms with Crippen molar-refractivity contribution in [2.45, 2.75) is 18.4 Å². The molecule has 132 valence electrons. The van der Waals surface area contributed by atoms with Crippen LogP contribution in [0.2, 0.25) is 0 Å². The topological polar surface area (TPSA) is 84.3 Å². The van der Waals surface area contributed by atoms with E-state index in [1.54, 1.807) is 25.2 Å². The number of nitrogens with one attached hydrogen (secondary N) is 2. The van der Waals surface area contributed by atoms with Crippen LogP contribution in [-0.4, -0.2) is 17.9 Å². The number of allylic oxidation sites excluding steroid dienone is 2. The Balaban J connectivity index is 1.82. The van der Waals surface area contributed by atoms with E-state index in [4.69, 9.17) is 0 Å². The lowest BCUT2D eigenvalue weighted by molar-refractivity contribution is -0.384. The van der Waals surface area contributed by atoms with Crippen LogP contribution in [0, 0.1) is 16.0 Å². The molecule has 3 unspecified atom stereocenters. The van der Waals surface area contributed by atoms with Gasteiger partial charge in [0.25, 0.3) is 11.6 Å². The van der Waals surface area contributed by atoms with Crippen LogP contribution >= 0.6 is 0 Å². The number of fused-ring (bicyclic) bond motifs is 3. The largest absolute Gasteiger partial charge is 0.377 e. The molecule has 26 heavy (non-hydrogen) atoms. The fourth-order valence-electron chi connectivity index (χ4n) is 4.11. The second-order valence-corrected chi connectivity index (χ2v) is 6.68. The van der Waals surface area contributed by atoms with Gasteiger partial charge in [-0.2, -0.15) is 0 Å². The normalized spacial score (nSPS) is 22.9. The van der Waals surface area contributed by atoms with Gasteiger partial charge in [-0.25, -0.2) is 0 Å². The molecule has 1 aliphatic carbocycles. The smallest absolute Gasteiger partial charge is 0.269 e. The van der Waals surface area contributed by atoms with Crippen LogP contribution in [0.3, 0.4) is 0 Å². The number of amides is 1. The summed E-state index contributed by atoms with van der Waals surface area (Å²) in [7, 11) is 1.61. The van der Waals surface area contributed by atoms with Crippen LogP contribution in [0.1, 0.15) is 39.9 Å². The minimum atomic E-state index is -0.374. The predicted molar refractivity (Wildman–Crippen MR) is 99.3 cm³/mol. The van der Waals surface area contributed by atoms with E-state index in [1.807, 2.05) is 18.2 Å². The molecule has 2 aliphatic rings. The third-order valence-electron chi connectivity index (χ3n) is 5.31. The number of rotatable bonds is 3. The number of carbonyl (C=O) groups is 1. The minimum Gasteiger partial charge on any atom is -0.377 e. The Kier molecular flexibility index (Phi) is 3.95. The van der Waals surface area contributed by atoms with Crippen molar-refractivity contribution in [3.63, 3.8) is 0 Å². The average Bonchev–Trinajstić information content (AvgIpc) is 3.16. The van der Waals surface area contributed by atoms with Crippen molar-refractivity contribution in [2.24, 2.45) is 5.92 Å². The van der Waals surface area contributed by atoms with Gasteiger partial charge in [-0.3, -0.25) is 14.9 Å². The maximum absolute atomic E-state index is 12.3. The second-order valence-electron chi connectivity index (χ2n) is 6.68. The molecule has 1 amide bonds. The van der Waals surface area contributed by atoms with Crippen molar-refractivity contribution >= 4 is 17.3 Å². The van der Waals surface area contributed by atoms with E-state index in [-0.39, 0.29) is 34.4 Å². The number of nitrogens with zero attached hydrogens (tertiary/aromatic N) is 1. The number of benzene rings is 2. The number of para-hydroxylation sites is 1. The van der Waals surface area contributed by atoms with Gasteiger partial charge in [0.1, 0.15) is 0 Å². The van der Waals surface area contributed by atoms with Crippen molar-refractivity contribution in [1.29, 1.82) is 0 Å². The van der Waals surface area contributed by atoms with Gasteiger partial charge < -0.3 is 10.6 Å². The van der Waals surface area contributed by atoms with Crippen LogP contribution in [0.5, 0.6) is 0 Å². The first-order valence-corrected chi connectivity index (χ1v) is 8.62. The summed E-state index contributed by atoms with van der Waals surface area (Å²) in [6.07, 6.45) is 5.24. The maximum Gasteiger partial charge on any atom is 0.269 e. The first-order valence-electron chi connectivity index (χ1n) is 8.62. The van der Waals surface area contributed by atoms with Gasteiger partial charge in [-0.05, 0) is 29.5 Å². The average molecular weight is 349 g/mol. The number of nitro benzene ring substituents is 1. The quantitative estimate of drug-likeness (QED) is 0.502. The number of hydrogen-bond donors (Lipinski definition) is 2. The Labute approximate surface area is 151 Å². The van der Waals surface area contributed by atoms with Gasteiger partial charge in [0, 0.05) is 25.1 Å². The third-order valence-corrected chi connectivity index (χ3v) is 5.31. The molecular weight excluding hydrogens is 330 g/mol. The van der Waals surface area contributed by atoms with Crippen molar-refractivity contribution in [3.8, 4) is 0 Å². The number of carbonyl (C=O) groups excluding carboxylic acids is 1. The molecule has 0 fully saturated rings. The highest BCUT2D eigenvalue weighted by Gasteiger charge is 2.39. The number of hydrogen-bond acceptors (Lipinski definition) is 4. The molecule has 1 aliphatic heterocycles. The molecule has 6 heteroatoms. The standard InChI is InChI=1S/C20H19N3O3/c1-21-20(24)17-10-4-9-16-14-7-3-8-15(14)18(22-19(16)17)12-5-2-6-13(11-12)23(25)26/h2-7,9-11,14-15,18,22H,8H2,1H3,(H,21,24). The SMILES string of the molecule is CNC(=O)c1cccc2c1NC(c1cccc([N+](=O)[O-])c1)C1CC=CC21. The molecule has 0 radical (unpaired) electrons. The molecule has 0 saturated heterocycles. The molecule has 0 bridgehead atoms. The van der Waals surface area contributed by atoms with Crippen molar-refractivity contribution < 1.29 is 9.72 Å². The number of nitro groups is 1. The Bertz CT molecular complexity index is 922. The Morgan fingerprint density at radius 3 is 2.85 bits per heavy atom. The van der Waals surface area contributed by atoms with E-state index in [0.29, 0.717) is 5.56 Å². The van der Waals surface area contributed by atoms with E-state index < -0.39 is 0 Å². The highest BCUT2D eigenvalue weighted by atomic mass is 16.6. The van der Waals surface area contributed by atoms with E-state index >= 15 is 0 Å². The Morgan fingerprint density at radius 2 is 2.08 bits per heavy atom. The molecule has 4 rings (SSSR count). The highest BCUT2D eigenvalue weighted by Crippen LogP contribution is 2.50. The molecule has 1 heterocycles. The molecule has 0 spiro atoms. The molecule has 6 nitrogen and oxygen atoms in total. The second kappa shape index (κ2) is 6.29. The Morgan fingerprint density at radius 1 is 1.27 bits per heavy atom. The lowest BCUT2D eigenvalue weighted by Gasteiger charge is -2.38. The summed E-state index contributed by atoms with van der Waals surface area (Å²) in [5.41, 5.74) is 3.47. The molecule has 3 atom stereocenters. The van der Waals surface area contributed by atoms with Gasteiger partial charge in [-0.1, -0.05) is 36.4 Å². The monoisotopic (exact) mass is 349 g/mol. The summed E-state index contributed by atoms with van der Waals surface area (Å²) < 4.78 is 0. The minimum absolute atomic E-state index is 0.0807. The molecule has 2 aromatic rings. The van der Waals surface area contributed by atoms with Gasteiger partial charge in [0.2, 0.25) is 0 Å². The van der Waals surface area contributed by atoms with Crippen LogP contribution in [0.15, 0.2) is 54.6 Å². The maximum atomic E-state index is 12.3.